The molecule has 0 fully saturated rings. The average Bonchev–Trinajstić information content (AvgIpc) is 2.50. The normalized spacial score (nSPS) is 17.5. The largest absolute Gasteiger partial charge is 0.496 e. The smallest absolute Gasteiger partial charge is 0.123 e. The lowest BCUT2D eigenvalue weighted by Crippen LogP contribution is -2.36. The molecule has 1 atom stereocenters. The summed E-state index contributed by atoms with van der Waals surface area (Å²) in [5.41, 5.74) is 4.03. The number of hydrogen-bond acceptors (Lipinski definition) is 2. The predicted octanol–water partition coefficient (Wildman–Crippen LogP) is 4.80. The first-order valence-electron chi connectivity index (χ1n) is 7.36. The van der Waals surface area contributed by atoms with Crippen molar-refractivity contribution in [3.63, 3.8) is 0 Å². The summed E-state index contributed by atoms with van der Waals surface area (Å²) < 4.78 is 6.61. The number of hydrogen-bond donors (Lipinski definition) is 0. The van der Waals surface area contributed by atoms with Crippen LogP contribution in [-0.4, -0.2) is 13.2 Å². The third kappa shape index (κ3) is 2.93. The van der Waals surface area contributed by atoms with E-state index in [1.165, 1.54) is 29.7 Å². The van der Waals surface area contributed by atoms with Crippen LogP contribution >= 0.6 is 15.9 Å². The third-order valence-electron chi connectivity index (χ3n) is 4.25. The molecule has 21 heavy (non-hydrogen) atoms. The van der Waals surface area contributed by atoms with E-state index in [4.69, 9.17) is 4.74 Å². The van der Waals surface area contributed by atoms with Gasteiger partial charge in [-0.2, -0.15) is 0 Å². The van der Waals surface area contributed by atoms with Crippen molar-refractivity contribution in [2.24, 2.45) is 0 Å². The van der Waals surface area contributed by atoms with Gasteiger partial charge in [0.25, 0.3) is 0 Å². The number of benzene rings is 2. The van der Waals surface area contributed by atoms with Gasteiger partial charge in [-0.25, -0.2) is 0 Å². The lowest BCUT2D eigenvalue weighted by Gasteiger charge is -2.37. The molecule has 0 saturated heterocycles. The van der Waals surface area contributed by atoms with Crippen LogP contribution in [0.4, 0.5) is 5.69 Å². The number of para-hydroxylation sites is 1. The van der Waals surface area contributed by atoms with Crippen molar-refractivity contribution >= 4 is 21.6 Å². The fourth-order valence-corrected chi connectivity index (χ4v) is 3.46. The summed E-state index contributed by atoms with van der Waals surface area (Å²) in [6, 6.07) is 15.5. The number of nitrogens with zero attached hydrogens (tertiary/aromatic N) is 1. The van der Waals surface area contributed by atoms with Crippen LogP contribution in [0.25, 0.3) is 0 Å². The number of ether oxygens (including phenoxy) is 1. The van der Waals surface area contributed by atoms with Crippen molar-refractivity contribution in [2.45, 2.75) is 32.4 Å². The van der Waals surface area contributed by atoms with Crippen LogP contribution in [0.5, 0.6) is 5.75 Å². The van der Waals surface area contributed by atoms with Gasteiger partial charge in [-0.05, 0) is 49.6 Å². The standard InChI is InChI=1S/C18H20BrNO/c1-13-7-8-14-5-3-4-6-17(14)20(13)12-15-11-16(19)9-10-18(15)21-2/h3-6,9-11,13H,7-8,12H2,1-2H3. The molecule has 0 saturated carbocycles. The van der Waals surface area contributed by atoms with Gasteiger partial charge in [0, 0.05) is 28.3 Å². The quantitative estimate of drug-likeness (QED) is 0.792. The van der Waals surface area contributed by atoms with Crippen LogP contribution < -0.4 is 9.64 Å². The minimum Gasteiger partial charge on any atom is -0.496 e. The summed E-state index contributed by atoms with van der Waals surface area (Å²) in [5.74, 6) is 0.952. The highest BCUT2D eigenvalue weighted by Gasteiger charge is 2.23. The highest BCUT2D eigenvalue weighted by Crippen LogP contribution is 2.34. The zero-order valence-electron chi connectivity index (χ0n) is 12.5. The van der Waals surface area contributed by atoms with Gasteiger partial charge in [0.05, 0.1) is 7.11 Å². The maximum absolute atomic E-state index is 5.52. The molecule has 0 spiro atoms. The van der Waals surface area contributed by atoms with Gasteiger partial charge in [-0.3, -0.25) is 0 Å². The van der Waals surface area contributed by atoms with Crippen LogP contribution in [0, 0.1) is 0 Å². The highest BCUT2D eigenvalue weighted by atomic mass is 79.9. The molecule has 0 amide bonds. The Hall–Kier alpha value is -1.48. The minimum absolute atomic E-state index is 0.545. The van der Waals surface area contributed by atoms with E-state index in [-0.39, 0.29) is 0 Å². The molecule has 3 rings (SSSR count). The van der Waals surface area contributed by atoms with Crippen molar-refractivity contribution in [3.05, 3.63) is 58.1 Å². The molecule has 110 valence electrons. The molecule has 0 aliphatic carbocycles. The second-order valence-corrected chi connectivity index (χ2v) is 6.52. The van der Waals surface area contributed by atoms with E-state index in [0.717, 1.165) is 16.8 Å². The van der Waals surface area contributed by atoms with Crippen molar-refractivity contribution in [1.29, 1.82) is 0 Å². The summed E-state index contributed by atoms with van der Waals surface area (Å²) in [4.78, 5) is 2.49. The number of aryl methyl sites for hydroxylation is 1. The highest BCUT2D eigenvalue weighted by molar-refractivity contribution is 9.10. The Labute approximate surface area is 134 Å². The first-order valence-corrected chi connectivity index (χ1v) is 8.15. The molecule has 2 nitrogen and oxygen atoms in total. The molecule has 0 aromatic heterocycles. The molecule has 1 unspecified atom stereocenters. The fraction of sp³-hybridized carbons (Fsp3) is 0.333. The Morgan fingerprint density at radius 1 is 1.24 bits per heavy atom. The Morgan fingerprint density at radius 3 is 2.86 bits per heavy atom. The van der Waals surface area contributed by atoms with Gasteiger partial charge in [0.15, 0.2) is 0 Å². The van der Waals surface area contributed by atoms with Crippen molar-refractivity contribution in [1.82, 2.24) is 0 Å². The van der Waals surface area contributed by atoms with Gasteiger partial charge in [-0.15, -0.1) is 0 Å². The van der Waals surface area contributed by atoms with E-state index >= 15 is 0 Å². The molecule has 2 aromatic rings. The van der Waals surface area contributed by atoms with Gasteiger partial charge in [0.2, 0.25) is 0 Å². The SMILES string of the molecule is COc1ccc(Br)cc1CN1c2ccccc2CCC1C. The lowest BCUT2D eigenvalue weighted by molar-refractivity contribution is 0.407. The number of halogens is 1. The molecule has 0 radical (unpaired) electrons. The number of methoxy groups -OCH3 is 1. The summed E-state index contributed by atoms with van der Waals surface area (Å²) in [7, 11) is 1.74. The Balaban J connectivity index is 1.96. The van der Waals surface area contributed by atoms with E-state index < -0.39 is 0 Å². The van der Waals surface area contributed by atoms with Crippen molar-refractivity contribution in [2.75, 3.05) is 12.0 Å². The average molecular weight is 346 g/mol. The Morgan fingerprint density at radius 2 is 2.05 bits per heavy atom. The summed E-state index contributed by atoms with van der Waals surface area (Å²) in [5, 5.41) is 0. The van der Waals surface area contributed by atoms with Crippen LogP contribution in [0.2, 0.25) is 0 Å². The maximum atomic E-state index is 5.52. The molecule has 0 N–H and O–H groups in total. The van der Waals surface area contributed by atoms with Crippen LogP contribution in [-0.2, 0) is 13.0 Å². The van der Waals surface area contributed by atoms with E-state index in [1.54, 1.807) is 7.11 Å². The molecular formula is C18H20BrNO. The second-order valence-electron chi connectivity index (χ2n) is 5.60. The maximum Gasteiger partial charge on any atom is 0.123 e. The second kappa shape index (κ2) is 6.10. The van der Waals surface area contributed by atoms with E-state index in [0.29, 0.717) is 6.04 Å². The van der Waals surface area contributed by atoms with E-state index in [1.807, 2.05) is 12.1 Å². The Kier molecular flexibility index (Phi) is 4.20. The zero-order chi connectivity index (χ0) is 14.8. The van der Waals surface area contributed by atoms with E-state index in [9.17, 15) is 0 Å². The predicted molar refractivity (Wildman–Crippen MR) is 91.1 cm³/mol. The first kappa shape index (κ1) is 14.5. The van der Waals surface area contributed by atoms with Crippen molar-refractivity contribution < 1.29 is 4.74 Å². The van der Waals surface area contributed by atoms with Gasteiger partial charge < -0.3 is 9.64 Å². The van der Waals surface area contributed by atoms with Crippen LogP contribution in [0.3, 0.4) is 0 Å². The van der Waals surface area contributed by atoms with E-state index in [2.05, 4.69) is 58.1 Å². The molecule has 1 aliphatic rings. The minimum atomic E-state index is 0.545. The summed E-state index contributed by atoms with van der Waals surface area (Å²) in [6.07, 6.45) is 2.37. The number of rotatable bonds is 3. The Bertz CT molecular complexity index is 641. The van der Waals surface area contributed by atoms with Crippen molar-refractivity contribution in [3.8, 4) is 5.75 Å². The van der Waals surface area contributed by atoms with Crippen LogP contribution in [0.1, 0.15) is 24.5 Å². The van der Waals surface area contributed by atoms with Gasteiger partial charge in [0.1, 0.15) is 5.75 Å². The summed E-state index contributed by atoms with van der Waals surface area (Å²) >= 11 is 3.56. The van der Waals surface area contributed by atoms with Crippen LogP contribution in [0.15, 0.2) is 46.9 Å². The fourth-order valence-electron chi connectivity index (χ4n) is 3.06. The van der Waals surface area contributed by atoms with Gasteiger partial charge >= 0.3 is 0 Å². The van der Waals surface area contributed by atoms with Gasteiger partial charge in [-0.1, -0.05) is 34.1 Å². The molecule has 0 bridgehead atoms. The zero-order valence-corrected chi connectivity index (χ0v) is 14.1. The molecular weight excluding hydrogens is 326 g/mol. The monoisotopic (exact) mass is 345 g/mol. The molecule has 3 heteroatoms. The first-order chi connectivity index (χ1) is 10.2. The third-order valence-corrected chi connectivity index (χ3v) is 4.74. The number of fused-ring (bicyclic) bond motifs is 1. The lowest BCUT2D eigenvalue weighted by atomic mass is 9.96. The molecule has 2 aromatic carbocycles. The topological polar surface area (TPSA) is 12.5 Å². The molecule has 1 heterocycles. The molecule has 1 aliphatic heterocycles. The number of anilines is 1. The summed E-state index contributed by atoms with van der Waals surface area (Å²) in [6.45, 7) is 3.18.